The molecule has 1 aromatic carbocycles. The number of H-pyrrole nitrogens is 1. The molecule has 0 atom stereocenters. The van der Waals surface area contributed by atoms with Crippen LogP contribution in [0.4, 0.5) is 0 Å². The lowest BCUT2D eigenvalue weighted by Crippen LogP contribution is -2.23. The molecule has 0 fully saturated rings. The molecule has 0 radical (unpaired) electrons. The molecule has 2 heterocycles. The second-order valence-electron chi connectivity index (χ2n) is 4.01. The minimum Gasteiger partial charge on any atom is -0.357 e. The average Bonchev–Trinajstić information content (AvgIpc) is 2.87. The summed E-state index contributed by atoms with van der Waals surface area (Å²) in [6, 6.07) is 11.4. The molecule has 0 saturated carbocycles. The first-order valence-corrected chi connectivity index (χ1v) is 5.91. The summed E-state index contributed by atoms with van der Waals surface area (Å²) in [5.74, 6) is 0. The molecule has 1 N–H and O–H groups in total. The Labute approximate surface area is 108 Å². The summed E-state index contributed by atoms with van der Waals surface area (Å²) in [4.78, 5) is 15.1. The van der Waals surface area contributed by atoms with Crippen LogP contribution in [0, 0.1) is 0 Å². The molecule has 0 unspecified atom stereocenters. The topological polar surface area (TPSA) is 50.7 Å². The van der Waals surface area contributed by atoms with Crippen molar-refractivity contribution in [1.82, 2.24) is 14.8 Å². The Hall–Kier alpha value is -2.07. The van der Waals surface area contributed by atoms with Crippen LogP contribution in [0.5, 0.6) is 0 Å². The van der Waals surface area contributed by atoms with E-state index in [0.29, 0.717) is 22.6 Å². The summed E-state index contributed by atoms with van der Waals surface area (Å²) in [6.07, 6.45) is 1.69. The molecule has 0 saturated heterocycles. The summed E-state index contributed by atoms with van der Waals surface area (Å²) in [5.41, 5.74) is 1.34. The molecule has 0 aliphatic carbocycles. The van der Waals surface area contributed by atoms with E-state index < -0.39 is 0 Å². The number of halogens is 1. The van der Waals surface area contributed by atoms with Gasteiger partial charge in [-0.05, 0) is 11.6 Å². The number of benzene rings is 1. The van der Waals surface area contributed by atoms with Gasteiger partial charge >= 0.3 is 0 Å². The molecular formula is C13H10ClN3O. The summed E-state index contributed by atoms with van der Waals surface area (Å²) in [6.45, 7) is 0.411. The molecule has 0 aliphatic rings. The highest BCUT2D eigenvalue weighted by Crippen LogP contribution is 2.16. The highest BCUT2D eigenvalue weighted by Gasteiger charge is 2.09. The van der Waals surface area contributed by atoms with Gasteiger partial charge in [-0.2, -0.15) is 5.10 Å². The van der Waals surface area contributed by atoms with Crippen molar-refractivity contribution in [3.05, 3.63) is 63.7 Å². The molecule has 4 nitrogen and oxygen atoms in total. The highest BCUT2D eigenvalue weighted by atomic mass is 35.5. The van der Waals surface area contributed by atoms with E-state index in [0.717, 1.165) is 5.56 Å². The number of nitrogens with zero attached hydrogens (tertiary/aromatic N) is 2. The second-order valence-corrected chi connectivity index (χ2v) is 4.36. The zero-order valence-electron chi connectivity index (χ0n) is 9.43. The average molecular weight is 260 g/mol. The number of nitrogens with one attached hydrogen (secondary N) is 1. The normalized spacial score (nSPS) is 10.9. The number of aromatic amines is 1. The standard InChI is InChI=1S/C13H10ClN3O/c14-12-10-6-7-15-11(10)13(18)17(16-12)8-9-4-2-1-3-5-9/h1-7,15H,8H2. The third kappa shape index (κ3) is 1.80. The van der Waals surface area contributed by atoms with Crippen LogP contribution >= 0.6 is 11.6 Å². The van der Waals surface area contributed by atoms with Gasteiger partial charge in [0.25, 0.3) is 5.56 Å². The van der Waals surface area contributed by atoms with Gasteiger partial charge in [-0.25, -0.2) is 4.68 Å². The Morgan fingerprint density at radius 1 is 1.22 bits per heavy atom. The molecule has 0 spiro atoms. The highest BCUT2D eigenvalue weighted by molar-refractivity contribution is 6.33. The molecule has 3 rings (SSSR count). The van der Waals surface area contributed by atoms with Gasteiger partial charge in [-0.15, -0.1) is 0 Å². The van der Waals surface area contributed by atoms with E-state index >= 15 is 0 Å². The Morgan fingerprint density at radius 2 is 2.00 bits per heavy atom. The van der Waals surface area contributed by atoms with Crippen LogP contribution in [0.15, 0.2) is 47.4 Å². The van der Waals surface area contributed by atoms with Crippen molar-refractivity contribution in [2.75, 3.05) is 0 Å². The van der Waals surface area contributed by atoms with Gasteiger partial charge in [-0.3, -0.25) is 4.79 Å². The predicted octanol–water partition coefficient (Wildman–Crippen LogP) is 2.43. The molecule has 0 bridgehead atoms. The lowest BCUT2D eigenvalue weighted by atomic mass is 10.2. The quantitative estimate of drug-likeness (QED) is 0.768. The monoisotopic (exact) mass is 259 g/mol. The summed E-state index contributed by atoms with van der Waals surface area (Å²) in [5, 5.41) is 5.11. The van der Waals surface area contributed by atoms with Crippen LogP contribution in [0.3, 0.4) is 0 Å². The molecular weight excluding hydrogens is 250 g/mol. The first-order chi connectivity index (χ1) is 8.75. The van der Waals surface area contributed by atoms with Gasteiger partial charge < -0.3 is 4.98 Å². The summed E-state index contributed by atoms with van der Waals surface area (Å²) < 4.78 is 1.37. The third-order valence-electron chi connectivity index (χ3n) is 2.80. The molecule has 0 amide bonds. The van der Waals surface area contributed by atoms with Crippen LogP contribution in [0.1, 0.15) is 5.56 Å². The third-order valence-corrected chi connectivity index (χ3v) is 3.08. The van der Waals surface area contributed by atoms with Gasteiger partial charge in [0.1, 0.15) is 5.52 Å². The Balaban J connectivity index is 2.13. The van der Waals surface area contributed by atoms with E-state index in [1.807, 2.05) is 30.3 Å². The van der Waals surface area contributed by atoms with E-state index in [4.69, 9.17) is 11.6 Å². The summed E-state index contributed by atoms with van der Waals surface area (Å²) in [7, 11) is 0. The lowest BCUT2D eigenvalue weighted by molar-refractivity contribution is 0.647. The zero-order chi connectivity index (χ0) is 12.5. The Morgan fingerprint density at radius 3 is 2.78 bits per heavy atom. The smallest absolute Gasteiger partial charge is 0.291 e. The van der Waals surface area contributed by atoms with E-state index in [1.165, 1.54) is 4.68 Å². The van der Waals surface area contributed by atoms with Crippen molar-refractivity contribution in [1.29, 1.82) is 0 Å². The van der Waals surface area contributed by atoms with Gasteiger partial charge in [0, 0.05) is 11.6 Å². The molecule has 90 valence electrons. The van der Waals surface area contributed by atoms with Crippen LogP contribution < -0.4 is 5.56 Å². The van der Waals surface area contributed by atoms with Crippen molar-refractivity contribution in [3.8, 4) is 0 Å². The minimum atomic E-state index is -0.164. The first-order valence-electron chi connectivity index (χ1n) is 5.53. The van der Waals surface area contributed by atoms with Crippen LogP contribution in [0.25, 0.3) is 10.9 Å². The number of fused-ring (bicyclic) bond motifs is 1. The number of aromatic nitrogens is 3. The minimum absolute atomic E-state index is 0.164. The Kier molecular flexibility index (Phi) is 2.64. The number of rotatable bonds is 2. The van der Waals surface area contributed by atoms with Crippen LogP contribution in [-0.2, 0) is 6.54 Å². The van der Waals surface area contributed by atoms with Gasteiger partial charge in [0.15, 0.2) is 5.15 Å². The van der Waals surface area contributed by atoms with Crippen LogP contribution in [0.2, 0.25) is 5.15 Å². The fourth-order valence-electron chi connectivity index (χ4n) is 1.92. The lowest BCUT2D eigenvalue weighted by Gasteiger charge is -2.05. The second kappa shape index (κ2) is 4.31. The number of hydrogen-bond donors (Lipinski definition) is 1. The van der Waals surface area contributed by atoms with Crippen molar-refractivity contribution in [3.63, 3.8) is 0 Å². The van der Waals surface area contributed by atoms with Crippen LogP contribution in [-0.4, -0.2) is 14.8 Å². The molecule has 18 heavy (non-hydrogen) atoms. The molecule has 0 aliphatic heterocycles. The molecule has 5 heteroatoms. The van der Waals surface area contributed by atoms with Gasteiger partial charge in [0.2, 0.25) is 0 Å². The van der Waals surface area contributed by atoms with Crippen molar-refractivity contribution >= 4 is 22.5 Å². The van der Waals surface area contributed by atoms with Crippen molar-refractivity contribution in [2.45, 2.75) is 6.54 Å². The largest absolute Gasteiger partial charge is 0.357 e. The van der Waals surface area contributed by atoms with E-state index in [9.17, 15) is 4.79 Å². The van der Waals surface area contributed by atoms with E-state index in [-0.39, 0.29) is 5.56 Å². The number of hydrogen-bond acceptors (Lipinski definition) is 2. The molecule has 2 aromatic heterocycles. The van der Waals surface area contributed by atoms with Crippen molar-refractivity contribution < 1.29 is 0 Å². The zero-order valence-corrected chi connectivity index (χ0v) is 10.2. The van der Waals surface area contributed by atoms with E-state index in [1.54, 1.807) is 12.3 Å². The maximum absolute atomic E-state index is 12.2. The first kappa shape index (κ1) is 11.0. The van der Waals surface area contributed by atoms with Gasteiger partial charge in [-0.1, -0.05) is 41.9 Å². The molecule has 3 aromatic rings. The van der Waals surface area contributed by atoms with E-state index in [2.05, 4.69) is 10.1 Å². The maximum atomic E-state index is 12.2. The van der Waals surface area contributed by atoms with Crippen molar-refractivity contribution in [2.24, 2.45) is 0 Å². The SMILES string of the molecule is O=c1c2[nH]ccc2c(Cl)nn1Cc1ccccc1. The fraction of sp³-hybridized carbons (Fsp3) is 0.0769. The fourth-order valence-corrected chi connectivity index (χ4v) is 2.16. The Bertz CT molecular complexity index is 746. The summed E-state index contributed by atoms with van der Waals surface area (Å²) >= 11 is 6.05. The van der Waals surface area contributed by atoms with Gasteiger partial charge in [0.05, 0.1) is 6.54 Å². The maximum Gasteiger partial charge on any atom is 0.291 e. The predicted molar refractivity (Wildman–Crippen MR) is 70.9 cm³/mol.